The molecule has 1 atom stereocenters. The Morgan fingerprint density at radius 3 is 2.76 bits per heavy atom. The van der Waals surface area contributed by atoms with Crippen molar-refractivity contribution in [2.45, 2.75) is 32.7 Å². The third-order valence-electron chi connectivity index (χ3n) is 3.48. The minimum absolute atomic E-state index is 0.343. The number of aromatic nitrogens is 3. The number of methoxy groups -OCH3 is 1. The Morgan fingerprint density at radius 1 is 1.29 bits per heavy atom. The van der Waals surface area contributed by atoms with Gasteiger partial charge < -0.3 is 4.74 Å². The first-order valence-corrected chi connectivity index (χ1v) is 8.33. The summed E-state index contributed by atoms with van der Waals surface area (Å²) in [4.78, 5) is 4.41. The van der Waals surface area contributed by atoms with Crippen LogP contribution in [0.2, 0.25) is 0 Å². The summed E-state index contributed by atoms with van der Waals surface area (Å²) in [6.45, 7) is 4.26. The molecule has 0 radical (unpaired) electrons. The average molecular weight is 352 g/mol. The Hall–Kier alpha value is -1.36. The van der Waals surface area contributed by atoms with Crippen LogP contribution in [0.1, 0.15) is 31.3 Å². The van der Waals surface area contributed by atoms with E-state index >= 15 is 0 Å². The minimum atomic E-state index is 0.343. The Morgan fingerprint density at radius 2 is 2.10 bits per heavy atom. The lowest BCUT2D eigenvalue weighted by Crippen LogP contribution is -2.16. The first-order valence-electron chi connectivity index (χ1n) is 7.21. The van der Waals surface area contributed by atoms with Crippen molar-refractivity contribution >= 4 is 15.9 Å². The third-order valence-corrected chi connectivity index (χ3v) is 4.40. The van der Waals surface area contributed by atoms with Crippen LogP contribution in [0.3, 0.4) is 0 Å². The molecule has 0 saturated heterocycles. The number of alkyl halides is 1. The summed E-state index contributed by atoms with van der Waals surface area (Å²) in [5.74, 6) is 2.45. The lowest BCUT2D eigenvalue weighted by molar-refractivity contribution is 0.413. The second kappa shape index (κ2) is 7.59. The smallest absolute Gasteiger partial charge is 0.138 e. The summed E-state index contributed by atoms with van der Waals surface area (Å²) in [5.41, 5.74) is 1.29. The van der Waals surface area contributed by atoms with Gasteiger partial charge in [-0.25, -0.2) is 9.67 Å². The van der Waals surface area contributed by atoms with E-state index in [1.807, 2.05) is 16.8 Å². The largest absolute Gasteiger partial charge is 0.497 e. The molecule has 0 aliphatic rings. The highest BCUT2D eigenvalue weighted by atomic mass is 79.9. The lowest BCUT2D eigenvalue weighted by atomic mass is 9.97. The predicted molar refractivity (Wildman–Crippen MR) is 88.1 cm³/mol. The molecule has 114 valence electrons. The van der Waals surface area contributed by atoms with E-state index in [0.717, 1.165) is 29.7 Å². The molecule has 21 heavy (non-hydrogen) atoms. The van der Waals surface area contributed by atoms with Crippen LogP contribution < -0.4 is 4.74 Å². The standard InChI is InChI=1S/C16H22BrN3O/c1-12(2)20-16(18-11-19-20)9-14(10-17)7-13-5-4-6-15(8-13)21-3/h4-6,8,11-12,14H,7,9-10H2,1-3H3. The van der Waals surface area contributed by atoms with Crippen LogP contribution in [0.4, 0.5) is 0 Å². The Labute approximate surface area is 134 Å². The number of hydrogen-bond acceptors (Lipinski definition) is 3. The monoisotopic (exact) mass is 351 g/mol. The van der Waals surface area contributed by atoms with Crippen molar-refractivity contribution in [1.29, 1.82) is 0 Å². The van der Waals surface area contributed by atoms with Gasteiger partial charge in [0, 0.05) is 17.8 Å². The quantitative estimate of drug-likeness (QED) is 0.714. The van der Waals surface area contributed by atoms with Gasteiger partial charge in [0.05, 0.1) is 7.11 Å². The molecule has 0 aliphatic carbocycles. The second-order valence-corrected chi connectivity index (χ2v) is 6.14. The van der Waals surface area contributed by atoms with E-state index in [1.165, 1.54) is 5.56 Å². The highest BCUT2D eigenvalue weighted by Crippen LogP contribution is 2.20. The number of halogens is 1. The number of nitrogens with zero attached hydrogens (tertiary/aromatic N) is 3. The van der Waals surface area contributed by atoms with E-state index in [9.17, 15) is 0 Å². The van der Waals surface area contributed by atoms with E-state index in [2.05, 4.69) is 52.0 Å². The van der Waals surface area contributed by atoms with Crippen molar-refractivity contribution in [3.8, 4) is 5.75 Å². The van der Waals surface area contributed by atoms with Crippen LogP contribution in [0.25, 0.3) is 0 Å². The molecule has 0 amide bonds. The molecule has 0 aliphatic heterocycles. The highest BCUT2D eigenvalue weighted by Gasteiger charge is 2.15. The zero-order valence-corrected chi connectivity index (χ0v) is 14.4. The number of ether oxygens (including phenoxy) is 1. The Bertz CT molecular complexity index is 568. The normalized spacial score (nSPS) is 12.6. The molecule has 0 fully saturated rings. The molecule has 0 bridgehead atoms. The van der Waals surface area contributed by atoms with Crippen molar-refractivity contribution in [2.24, 2.45) is 5.92 Å². The van der Waals surface area contributed by atoms with Gasteiger partial charge in [-0.2, -0.15) is 5.10 Å². The zero-order chi connectivity index (χ0) is 15.2. The van der Waals surface area contributed by atoms with Crippen LogP contribution in [0.15, 0.2) is 30.6 Å². The maximum absolute atomic E-state index is 5.29. The predicted octanol–water partition coefficient (Wildman–Crippen LogP) is 3.66. The topological polar surface area (TPSA) is 39.9 Å². The Kier molecular flexibility index (Phi) is 5.79. The molecular weight excluding hydrogens is 330 g/mol. The molecule has 1 aromatic heterocycles. The summed E-state index contributed by atoms with van der Waals surface area (Å²) in [5, 5.41) is 5.25. The SMILES string of the molecule is COc1cccc(CC(CBr)Cc2ncnn2C(C)C)c1. The first kappa shape index (κ1) is 16.0. The molecule has 5 heteroatoms. The maximum atomic E-state index is 5.29. The number of benzene rings is 1. The molecule has 4 nitrogen and oxygen atoms in total. The molecule has 2 rings (SSSR count). The van der Waals surface area contributed by atoms with Gasteiger partial charge >= 0.3 is 0 Å². The fourth-order valence-electron chi connectivity index (χ4n) is 2.42. The molecule has 2 aromatic rings. The van der Waals surface area contributed by atoms with Crippen LogP contribution >= 0.6 is 15.9 Å². The summed E-state index contributed by atoms with van der Waals surface area (Å²) in [7, 11) is 1.70. The molecule has 1 unspecified atom stereocenters. The van der Waals surface area contributed by atoms with Gasteiger partial charge in [0.1, 0.15) is 17.9 Å². The van der Waals surface area contributed by atoms with E-state index in [-0.39, 0.29) is 0 Å². The summed E-state index contributed by atoms with van der Waals surface area (Å²) in [6, 6.07) is 8.60. The molecule has 0 spiro atoms. The summed E-state index contributed by atoms with van der Waals surface area (Å²) >= 11 is 3.63. The molecule has 0 N–H and O–H groups in total. The van der Waals surface area contributed by atoms with Crippen molar-refractivity contribution in [3.05, 3.63) is 42.0 Å². The van der Waals surface area contributed by atoms with E-state index in [4.69, 9.17) is 4.74 Å². The van der Waals surface area contributed by atoms with Crippen molar-refractivity contribution < 1.29 is 4.74 Å². The van der Waals surface area contributed by atoms with E-state index < -0.39 is 0 Å². The highest BCUT2D eigenvalue weighted by molar-refractivity contribution is 9.09. The minimum Gasteiger partial charge on any atom is -0.497 e. The van der Waals surface area contributed by atoms with Gasteiger partial charge in [-0.3, -0.25) is 0 Å². The second-order valence-electron chi connectivity index (χ2n) is 5.49. The van der Waals surface area contributed by atoms with Gasteiger partial charge in [0.2, 0.25) is 0 Å². The van der Waals surface area contributed by atoms with Gasteiger partial charge in [0.15, 0.2) is 0 Å². The average Bonchev–Trinajstić information content (AvgIpc) is 2.95. The van der Waals surface area contributed by atoms with Crippen molar-refractivity contribution in [2.75, 3.05) is 12.4 Å². The Balaban J connectivity index is 2.07. The fraction of sp³-hybridized carbons (Fsp3) is 0.500. The summed E-state index contributed by atoms with van der Waals surface area (Å²) < 4.78 is 7.29. The van der Waals surface area contributed by atoms with Crippen LogP contribution in [0, 0.1) is 5.92 Å². The van der Waals surface area contributed by atoms with E-state index in [1.54, 1.807) is 13.4 Å². The van der Waals surface area contributed by atoms with Crippen LogP contribution in [-0.2, 0) is 12.8 Å². The molecule has 1 heterocycles. The van der Waals surface area contributed by atoms with Gasteiger partial charge in [0.25, 0.3) is 0 Å². The van der Waals surface area contributed by atoms with Gasteiger partial charge in [-0.15, -0.1) is 0 Å². The molecule has 1 aromatic carbocycles. The van der Waals surface area contributed by atoms with Gasteiger partial charge in [-0.1, -0.05) is 28.1 Å². The molecular formula is C16H22BrN3O. The van der Waals surface area contributed by atoms with Crippen molar-refractivity contribution in [3.63, 3.8) is 0 Å². The van der Waals surface area contributed by atoms with Crippen LogP contribution in [-0.4, -0.2) is 27.2 Å². The van der Waals surface area contributed by atoms with Crippen molar-refractivity contribution in [1.82, 2.24) is 14.8 Å². The fourth-order valence-corrected chi connectivity index (χ4v) is 2.88. The summed E-state index contributed by atoms with van der Waals surface area (Å²) in [6.07, 6.45) is 3.56. The first-order chi connectivity index (χ1) is 10.1. The zero-order valence-electron chi connectivity index (χ0n) is 12.8. The number of rotatable bonds is 7. The lowest BCUT2D eigenvalue weighted by Gasteiger charge is -2.16. The van der Waals surface area contributed by atoms with Crippen LogP contribution in [0.5, 0.6) is 5.75 Å². The molecule has 0 saturated carbocycles. The number of hydrogen-bond donors (Lipinski definition) is 0. The maximum Gasteiger partial charge on any atom is 0.138 e. The van der Waals surface area contributed by atoms with E-state index in [0.29, 0.717) is 12.0 Å². The third kappa shape index (κ3) is 4.30. The van der Waals surface area contributed by atoms with Gasteiger partial charge in [-0.05, 0) is 43.9 Å².